The quantitative estimate of drug-likeness (QED) is 0.579. The molecule has 0 saturated carbocycles. The molecule has 2 aromatic carbocycles. The van der Waals surface area contributed by atoms with Crippen molar-refractivity contribution in [3.63, 3.8) is 0 Å². The molecule has 2 aromatic rings. The number of methoxy groups -OCH3 is 1. The van der Waals surface area contributed by atoms with Crippen molar-refractivity contribution in [3.05, 3.63) is 53.6 Å². The van der Waals surface area contributed by atoms with E-state index >= 15 is 0 Å². The van der Waals surface area contributed by atoms with Crippen molar-refractivity contribution in [2.24, 2.45) is 0 Å². The van der Waals surface area contributed by atoms with E-state index in [1.807, 2.05) is 13.8 Å². The SMILES string of the molecule is COc1cc(/C=C/C(=O)Nc2ccc(C)cc2OCC(F)(F)F)ccc1OC(C)C. The molecule has 162 valence electrons. The van der Waals surface area contributed by atoms with E-state index in [4.69, 9.17) is 14.2 Å². The second-order valence-electron chi connectivity index (χ2n) is 6.80. The van der Waals surface area contributed by atoms with Crippen LogP contribution < -0.4 is 19.5 Å². The molecule has 1 N–H and O–H groups in total. The number of hydrogen-bond acceptors (Lipinski definition) is 4. The first kappa shape index (κ1) is 23.1. The third kappa shape index (κ3) is 7.35. The molecule has 30 heavy (non-hydrogen) atoms. The monoisotopic (exact) mass is 423 g/mol. The van der Waals surface area contributed by atoms with Crippen LogP contribution in [0.25, 0.3) is 6.08 Å². The highest BCUT2D eigenvalue weighted by atomic mass is 19.4. The molecule has 1 amide bonds. The minimum Gasteiger partial charge on any atom is -0.493 e. The highest BCUT2D eigenvalue weighted by Gasteiger charge is 2.29. The van der Waals surface area contributed by atoms with Gasteiger partial charge >= 0.3 is 6.18 Å². The largest absolute Gasteiger partial charge is 0.493 e. The van der Waals surface area contributed by atoms with Gasteiger partial charge in [-0.1, -0.05) is 12.1 Å². The van der Waals surface area contributed by atoms with Gasteiger partial charge in [-0.3, -0.25) is 4.79 Å². The molecule has 5 nitrogen and oxygen atoms in total. The van der Waals surface area contributed by atoms with E-state index in [0.717, 1.165) is 0 Å². The predicted molar refractivity (Wildman–Crippen MR) is 109 cm³/mol. The molecule has 0 bridgehead atoms. The predicted octanol–water partition coefficient (Wildman–Crippen LogP) is 5.38. The molecule has 8 heteroatoms. The number of alkyl halides is 3. The molecule has 0 fully saturated rings. The number of carbonyl (C=O) groups is 1. The van der Waals surface area contributed by atoms with E-state index in [2.05, 4.69) is 5.32 Å². The average molecular weight is 423 g/mol. The molecule has 0 heterocycles. The van der Waals surface area contributed by atoms with Crippen molar-refractivity contribution in [3.8, 4) is 17.2 Å². The first-order valence-corrected chi connectivity index (χ1v) is 9.21. The Kier molecular flexibility index (Phi) is 7.74. The first-order valence-electron chi connectivity index (χ1n) is 9.21. The number of rotatable bonds is 8. The van der Waals surface area contributed by atoms with Gasteiger partial charge in [-0.2, -0.15) is 13.2 Å². The van der Waals surface area contributed by atoms with Crippen LogP contribution in [0.3, 0.4) is 0 Å². The summed E-state index contributed by atoms with van der Waals surface area (Å²) in [5.41, 5.74) is 1.55. The minimum absolute atomic E-state index is 0.0191. The molecule has 0 unspecified atom stereocenters. The van der Waals surface area contributed by atoms with Crippen molar-refractivity contribution in [2.45, 2.75) is 33.1 Å². The number of nitrogens with one attached hydrogen (secondary N) is 1. The summed E-state index contributed by atoms with van der Waals surface area (Å²) in [5.74, 6) is 0.538. The van der Waals surface area contributed by atoms with Crippen LogP contribution in [0.5, 0.6) is 17.2 Å². The summed E-state index contributed by atoms with van der Waals surface area (Å²) >= 11 is 0. The van der Waals surface area contributed by atoms with Gasteiger partial charge < -0.3 is 19.5 Å². The van der Waals surface area contributed by atoms with Crippen LogP contribution in [-0.4, -0.2) is 31.9 Å². The maximum atomic E-state index is 12.5. The number of ether oxygens (including phenoxy) is 3. The van der Waals surface area contributed by atoms with Crippen LogP contribution in [0.1, 0.15) is 25.0 Å². The van der Waals surface area contributed by atoms with Crippen LogP contribution in [0, 0.1) is 6.92 Å². The number of carbonyl (C=O) groups excluding carboxylic acids is 1. The zero-order chi connectivity index (χ0) is 22.3. The molecule has 0 aliphatic rings. The Balaban J connectivity index is 2.11. The normalized spacial score (nSPS) is 11.6. The smallest absolute Gasteiger partial charge is 0.422 e. The zero-order valence-electron chi connectivity index (χ0n) is 17.2. The van der Waals surface area contributed by atoms with Crippen molar-refractivity contribution in [1.82, 2.24) is 0 Å². The Morgan fingerprint density at radius 1 is 1.10 bits per heavy atom. The van der Waals surface area contributed by atoms with E-state index < -0.39 is 18.7 Å². The fourth-order valence-corrected chi connectivity index (χ4v) is 2.50. The van der Waals surface area contributed by atoms with E-state index in [1.54, 1.807) is 37.3 Å². The van der Waals surface area contributed by atoms with Gasteiger partial charge in [0.25, 0.3) is 0 Å². The van der Waals surface area contributed by atoms with E-state index in [9.17, 15) is 18.0 Å². The average Bonchev–Trinajstić information content (AvgIpc) is 2.66. The maximum Gasteiger partial charge on any atom is 0.422 e. The molecule has 0 atom stereocenters. The molecule has 0 radical (unpaired) electrons. The van der Waals surface area contributed by atoms with E-state index in [0.29, 0.717) is 22.6 Å². The Labute approximate surface area is 173 Å². The molecule has 2 rings (SSSR count). The molecular weight excluding hydrogens is 399 g/mol. The first-order chi connectivity index (χ1) is 14.1. The fourth-order valence-electron chi connectivity index (χ4n) is 2.50. The van der Waals surface area contributed by atoms with Gasteiger partial charge in [-0.15, -0.1) is 0 Å². The van der Waals surface area contributed by atoms with Gasteiger partial charge in [-0.05, 0) is 62.2 Å². The Morgan fingerprint density at radius 3 is 2.47 bits per heavy atom. The summed E-state index contributed by atoms with van der Waals surface area (Å²) < 4.78 is 53.2. The number of aryl methyl sites for hydroxylation is 1. The lowest BCUT2D eigenvalue weighted by Gasteiger charge is -2.14. The lowest BCUT2D eigenvalue weighted by molar-refractivity contribution is -0.153. The van der Waals surface area contributed by atoms with Crippen molar-refractivity contribution in [2.75, 3.05) is 19.0 Å². The zero-order valence-corrected chi connectivity index (χ0v) is 17.2. The molecule has 0 saturated heterocycles. The fraction of sp³-hybridized carbons (Fsp3) is 0.318. The summed E-state index contributed by atoms with van der Waals surface area (Å²) in [6, 6.07) is 9.80. The van der Waals surface area contributed by atoms with Crippen molar-refractivity contribution < 1.29 is 32.2 Å². The molecule has 0 aliphatic carbocycles. The third-order valence-corrected chi connectivity index (χ3v) is 3.76. The van der Waals surface area contributed by atoms with Crippen LogP contribution in [-0.2, 0) is 4.79 Å². The highest BCUT2D eigenvalue weighted by molar-refractivity contribution is 6.02. The van der Waals surface area contributed by atoms with Gasteiger partial charge in [0.15, 0.2) is 18.1 Å². The summed E-state index contributed by atoms with van der Waals surface area (Å²) in [5, 5.41) is 2.54. The Hall–Kier alpha value is -3.16. The van der Waals surface area contributed by atoms with Crippen LogP contribution >= 0.6 is 0 Å². The lowest BCUT2D eigenvalue weighted by Crippen LogP contribution is -2.20. The third-order valence-electron chi connectivity index (χ3n) is 3.76. The standard InChI is InChI=1S/C22H24F3NO4/c1-14(2)30-18-9-6-16(12-20(18)28-4)7-10-21(27)26-17-8-5-15(3)11-19(17)29-13-22(23,24)25/h5-12,14H,13H2,1-4H3,(H,26,27)/b10-7+. The van der Waals surface area contributed by atoms with Crippen molar-refractivity contribution in [1.29, 1.82) is 0 Å². The van der Waals surface area contributed by atoms with Crippen LogP contribution in [0.2, 0.25) is 0 Å². The molecule has 0 aliphatic heterocycles. The van der Waals surface area contributed by atoms with Crippen LogP contribution in [0.15, 0.2) is 42.5 Å². The summed E-state index contributed by atoms with van der Waals surface area (Å²) in [7, 11) is 1.52. The second-order valence-corrected chi connectivity index (χ2v) is 6.80. The number of halogens is 3. The van der Waals surface area contributed by atoms with Crippen molar-refractivity contribution >= 4 is 17.7 Å². The van der Waals surface area contributed by atoms with E-state index in [-0.39, 0.29) is 17.5 Å². The Bertz CT molecular complexity index is 908. The number of hydrogen-bond donors (Lipinski definition) is 1. The van der Waals surface area contributed by atoms with Gasteiger partial charge in [0.05, 0.1) is 18.9 Å². The molecular formula is C22H24F3NO4. The van der Waals surface area contributed by atoms with Gasteiger partial charge in [-0.25, -0.2) is 0 Å². The number of anilines is 1. The molecule has 0 aromatic heterocycles. The lowest BCUT2D eigenvalue weighted by atomic mass is 10.1. The maximum absolute atomic E-state index is 12.5. The van der Waals surface area contributed by atoms with Gasteiger partial charge in [0.2, 0.25) is 5.91 Å². The minimum atomic E-state index is -4.48. The number of benzene rings is 2. The number of amides is 1. The highest BCUT2D eigenvalue weighted by Crippen LogP contribution is 2.30. The summed E-state index contributed by atoms with van der Waals surface area (Å²) in [4.78, 5) is 12.3. The van der Waals surface area contributed by atoms with E-state index in [1.165, 1.54) is 25.3 Å². The summed E-state index contributed by atoms with van der Waals surface area (Å²) in [6.45, 7) is 4.07. The van der Waals surface area contributed by atoms with Gasteiger partial charge in [0.1, 0.15) is 5.75 Å². The summed E-state index contributed by atoms with van der Waals surface area (Å²) in [6.07, 6.45) is -1.67. The second kappa shape index (κ2) is 10.0. The van der Waals surface area contributed by atoms with Gasteiger partial charge in [0, 0.05) is 6.08 Å². The molecule has 0 spiro atoms. The topological polar surface area (TPSA) is 56.8 Å². The van der Waals surface area contributed by atoms with Crippen LogP contribution in [0.4, 0.5) is 18.9 Å². The Morgan fingerprint density at radius 2 is 1.83 bits per heavy atom.